The van der Waals surface area contributed by atoms with E-state index in [1.54, 1.807) is 9.58 Å². The molecule has 4 heterocycles. The first-order valence-electron chi connectivity index (χ1n) is 22.9. The Morgan fingerprint density at radius 2 is 1.77 bits per heavy atom. The van der Waals surface area contributed by atoms with Crippen molar-refractivity contribution in [2.75, 3.05) is 51.2 Å². The van der Waals surface area contributed by atoms with Gasteiger partial charge in [-0.1, -0.05) is 34.1 Å². The van der Waals surface area contributed by atoms with E-state index in [9.17, 15) is 24.3 Å². The molecule has 8 atom stereocenters. The van der Waals surface area contributed by atoms with Gasteiger partial charge in [0.25, 0.3) is 0 Å². The van der Waals surface area contributed by atoms with Gasteiger partial charge in [-0.05, 0) is 74.8 Å². The number of pyridine rings is 1. The molecule has 336 valence electrons. The van der Waals surface area contributed by atoms with Crippen LogP contribution < -0.4 is 20.1 Å². The lowest BCUT2D eigenvalue weighted by Crippen LogP contribution is -2.48. The summed E-state index contributed by atoms with van der Waals surface area (Å²) >= 11 is 0. The second-order valence-corrected chi connectivity index (χ2v) is 19.9. The number of anilines is 1. The number of hydrogen-bond acceptors (Lipinski definition) is 12. The highest BCUT2D eigenvalue weighted by Crippen LogP contribution is 2.58. The number of fused-ring (bicyclic) bond motifs is 2. The number of Topliss-reactive ketones (excluding diaryl/α,β-unsaturated/α-hetero) is 1. The molecule has 1 aromatic carbocycles. The number of nitrogens with one attached hydrogen (secondary N) is 2. The zero-order valence-electron chi connectivity index (χ0n) is 37.2. The number of carboxylic acids is 1. The van der Waals surface area contributed by atoms with Gasteiger partial charge in [0.1, 0.15) is 36.1 Å². The molecule has 3 N–H and O–H groups in total. The molecule has 5 fully saturated rings. The van der Waals surface area contributed by atoms with E-state index in [0.29, 0.717) is 59.9 Å². The number of aromatic nitrogens is 3. The number of ketones is 1. The van der Waals surface area contributed by atoms with Crippen molar-refractivity contribution in [3.8, 4) is 17.3 Å². The van der Waals surface area contributed by atoms with Crippen LogP contribution in [0.2, 0.25) is 0 Å². The van der Waals surface area contributed by atoms with Gasteiger partial charge in [0, 0.05) is 81.4 Å². The van der Waals surface area contributed by atoms with Crippen LogP contribution in [0.1, 0.15) is 92.9 Å². The number of likely N-dealkylation sites (tertiary alicyclic amines) is 1. The number of carbonyl (C=O) groups is 4. The summed E-state index contributed by atoms with van der Waals surface area (Å²) in [4.78, 5) is 64.3. The number of nitrogens with zero attached hydrogens (tertiary/aromatic N) is 5. The summed E-state index contributed by atoms with van der Waals surface area (Å²) < 4.78 is 20.7. The van der Waals surface area contributed by atoms with Crippen LogP contribution in [0.15, 0.2) is 36.5 Å². The molecule has 2 aromatic heterocycles. The number of ether oxygens (including phenoxy) is 3. The van der Waals surface area contributed by atoms with Crippen molar-refractivity contribution in [1.82, 2.24) is 29.9 Å². The second kappa shape index (κ2) is 17.8. The molecular weight excluding hydrogens is 791 g/mol. The highest BCUT2D eigenvalue weighted by atomic mass is 16.5. The predicted octanol–water partition coefficient (Wildman–Crippen LogP) is 5.73. The number of hydrogen-bond donors (Lipinski definition) is 3. The zero-order chi connectivity index (χ0) is 43.9. The Morgan fingerprint density at radius 3 is 2.45 bits per heavy atom. The maximum Gasteiger partial charge on any atom is 0.310 e. The lowest BCUT2D eigenvalue weighted by molar-refractivity contribution is -0.157. The molecule has 2 aliphatic heterocycles. The molecule has 15 nitrogen and oxygen atoms in total. The van der Waals surface area contributed by atoms with Gasteiger partial charge in [-0.25, -0.2) is 9.67 Å². The fraction of sp³-hybridized carbons (Fsp3) is 0.660. The van der Waals surface area contributed by atoms with E-state index in [-0.39, 0.29) is 55.6 Å². The number of rotatable bonds is 18. The number of benzene rings is 1. The smallest absolute Gasteiger partial charge is 0.310 e. The highest BCUT2D eigenvalue weighted by molar-refractivity contribution is 5.95. The average Bonchev–Trinajstić information content (AvgIpc) is 3.89. The lowest BCUT2D eigenvalue weighted by Gasteiger charge is -2.35. The lowest BCUT2D eigenvalue weighted by atomic mass is 9.77. The molecule has 0 radical (unpaired) electrons. The quantitative estimate of drug-likeness (QED) is 0.132. The van der Waals surface area contributed by atoms with Crippen LogP contribution in [0.4, 0.5) is 5.82 Å². The maximum absolute atomic E-state index is 14.9. The summed E-state index contributed by atoms with van der Waals surface area (Å²) in [5, 5.41) is 22.5. The first-order chi connectivity index (χ1) is 29.6. The van der Waals surface area contributed by atoms with Crippen LogP contribution in [0.25, 0.3) is 16.7 Å². The average molecular weight is 856 g/mol. The van der Waals surface area contributed by atoms with Crippen molar-refractivity contribution in [2.45, 2.75) is 117 Å². The fourth-order valence-corrected chi connectivity index (χ4v) is 10.1. The van der Waals surface area contributed by atoms with Crippen molar-refractivity contribution in [1.29, 1.82) is 0 Å². The van der Waals surface area contributed by atoms with E-state index in [4.69, 9.17) is 24.3 Å². The summed E-state index contributed by atoms with van der Waals surface area (Å²) in [6.45, 7) is 17.1. The minimum atomic E-state index is -1.14. The number of carboxylic acid groups (broad SMARTS) is 1. The molecule has 0 bridgehead atoms. The molecule has 2 saturated heterocycles. The number of aliphatic carboxylic acids is 1. The van der Waals surface area contributed by atoms with Crippen molar-refractivity contribution < 1.29 is 38.5 Å². The van der Waals surface area contributed by atoms with E-state index in [2.05, 4.69) is 15.5 Å². The summed E-state index contributed by atoms with van der Waals surface area (Å²) in [6, 6.07) is 8.65. The fourth-order valence-electron chi connectivity index (χ4n) is 10.1. The normalized spacial score (nSPS) is 27.5. The predicted molar refractivity (Wildman–Crippen MR) is 233 cm³/mol. The molecular formula is C47H65N7O8. The standard InChI is InChI=1S/C47H65N7O8/c1-7-31-25-47(31,45(58)59)26-39(55)38-22-34(27-53(38)44(57)36(46(4,5)6)23-43(56)62-33-19-29-18-30(29)20-33)61-40-24-42(54-13-10-41(51-54)49-28(2)3)50-37-21-32(8-9-35(37)40)60-17-16-52-14-11-48-12-15-52/h8-10,13,21,24,28-31,33-34,36,38,48H,7,11-12,14-20,22-23,25-27H2,1-6H3,(H,49,51)(H,58,59)/t29-,30+,31-,33?,34?,36-,38+,47-/m1/s1. The van der Waals surface area contributed by atoms with Crippen LogP contribution >= 0.6 is 0 Å². The Balaban J connectivity index is 1.07. The Labute approximate surface area is 364 Å². The van der Waals surface area contributed by atoms with Gasteiger partial charge in [0.15, 0.2) is 11.6 Å². The largest absolute Gasteiger partial charge is 0.492 e. The van der Waals surface area contributed by atoms with E-state index in [1.807, 2.05) is 78.1 Å². The highest BCUT2D eigenvalue weighted by Gasteiger charge is 2.61. The number of esters is 1. The zero-order valence-corrected chi connectivity index (χ0v) is 37.2. The summed E-state index contributed by atoms with van der Waals surface area (Å²) in [5.41, 5.74) is -1.15. The third-order valence-electron chi connectivity index (χ3n) is 13.9. The van der Waals surface area contributed by atoms with Gasteiger partial charge in [0.2, 0.25) is 5.91 Å². The van der Waals surface area contributed by atoms with E-state index >= 15 is 0 Å². The Kier molecular flexibility index (Phi) is 12.6. The van der Waals surface area contributed by atoms with E-state index < -0.39 is 40.8 Å². The topological polar surface area (TPSA) is 177 Å². The monoisotopic (exact) mass is 855 g/mol. The van der Waals surface area contributed by atoms with Crippen molar-refractivity contribution in [2.24, 2.45) is 34.5 Å². The number of piperazine rings is 1. The summed E-state index contributed by atoms with van der Waals surface area (Å²) in [7, 11) is 0. The SMILES string of the molecule is CC[C@@H]1C[C@]1(CC(=O)[C@@H]1CC(Oc2cc(-n3ccc(NC(C)C)n3)nc3cc(OCCN4CCNCC4)ccc23)CN1C(=O)[C@@H](CC(=O)OC1C[C@@H]2C[C@@H]2C1)C(C)(C)C)C(=O)O. The summed E-state index contributed by atoms with van der Waals surface area (Å²) in [5.74, 6) is 0.775. The van der Waals surface area contributed by atoms with Crippen LogP contribution in [-0.2, 0) is 23.9 Å². The second-order valence-electron chi connectivity index (χ2n) is 19.9. The third kappa shape index (κ3) is 9.73. The molecule has 5 aliphatic rings. The Hall–Kier alpha value is -4.76. The van der Waals surface area contributed by atoms with Gasteiger partial charge in [0.05, 0.1) is 35.9 Å². The van der Waals surface area contributed by atoms with Crippen LogP contribution in [0.5, 0.6) is 11.5 Å². The van der Waals surface area contributed by atoms with E-state index in [0.717, 1.165) is 51.0 Å². The maximum atomic E-state index is 14.9. The molecule has 15 heteroatoms. The molecule has 62 heavy (non-hydrogen) atoms. The van der Waals surface area contributed by atoms with Crippen molar-refractivity contribution >= 4 is 40.3 Å². The van der Waals surface area contributed by atoms with Crippen molar-refractivity contribution in [3.63, 3.8) is 0 Å². The molecule has 3 aromatic rings. The molecule has 3 aliphatic carbocycles. The van der Waals surface area contributed by atoms with Gasteiger partial charge in [-0.2, -0.15) is 0 Å². The van der Waals surface area contributed by atoms with Crippen molar-refractivity contribution in [3.05, 3.63) is 36.5 Å². The number of amides is 1. The number of carbonyl (C=O) groups excluding carboxylic acids is 3. The molecule has 3 saturated carbocycles. The van der Waals surface area contributed by atoms with Gasteiger partial charge in [-0.3, -0.25) is 24.1 Å². The summed E-state index contributed by atoms with van der Waals surface area (Å²) in [6.07, 6.45) is 5.02. The molecule has 2 unspecified atom stereocenters. The van der Waals surface area contributed by atoms with E-state index in [1.165, 1.54) is 6.42 Å². The van der Waals surface area contributed by atoms with Crippen LogP contribution in [0.3, 0.4) is 0 Å². The van der Waals surface area contributed by atoms with Gasteiger partial charge in [-0.15, -0.1) is 5.10 Å². The molecule has 8 rings (SSSR count). The first kappa shape index (κ1) is 43.9. The minimum absolute atomic E-state index is 0.0801. The van der Waals surface area contributed by atoms with Gasteiger partial charge >= 0.3 is 11.9 Å². The Morgan fingerprint density at radius 1 is 1.02 bits per heavy atom. The van der Waals surface area contributed by atoms with Crippen LogP contribution in [0, 0.1) is 34.5 Å². The molecule has 0 spiro atoms. The third-order valence-corrected chi connectivity index (χ3v) is 13.9. The van der Waals surface area contributed by atoms with Crippen LogP contribution in [-0.4, -0.2) is 123 Å². The minimum Gasteiger partial charge on any atom is -0.492 e. The first-order valence-corrected chi connectivity index (χ1v) is 22.9. The molecule has 1 amide bonds. The Bertz CT molecular complexity index is 2130. The van der Waals surface area contributed by atoms with Gasteiger partial charge < -0.3 is 34.9 Å².